The Kier molecular flexibility index (Phi) is 26.8. The molecule has 2 amide bonds. The lowest BCUT2D eigenvalue weighted by atomic mass is 9.81. The number of carbonyl (C=O) groups excluding carboxylic acids is 3. The third-order valence-corrected chi connectivity index (χ3v) is 23.2. The van der Waals surface area contributed by atoms with E-state index in [0.717, 1.165) is 42.8 Å². The van der Waals surface area contributed by atoms with E-state index in [1.165, 1.54) is 63.0 Å². The van der Waals surface area contributed by atoms with Crippen molar-refractivity contribution in [2.45, 2.75) is 126 Å². The number of anilines is 2. The van der Waals surface area contributed by atoms with Crippen molar-refractivity contribution in [3.05, 3.63) is 154 Å². The maximum Gasteiger partial charge on any atom is 0.490 e. The van der Waals surface area contributed by atoms with Crippen LogP contribution in [0.4, 0.5) is 17.2 Å². The van der Waals surface area contributed by atoms with Gasteiger partial charge in [-0.05, 0) is 86.5 Å². The van der Waals surface area contributed by atoms with E-state index < -0.39 is 76.1 Å². The predicted octanol–water partition coefficient (Wildman–Crippen LogP) is 10.7. The number of carbonyl (C=O) groups is 3. The van der Waals surface area contributed by atoms with Crippen molar-refractivity contribution in [2.24, 2.45) is 5.11 Å². The molecule has 8 rings (SSSR count). The number of azide groups is 1. The van der Waals surface area contributed by atoms with E-state index in [9.17, 15) is 50.8 Å². The zero-order chi connectivity index (χ0) is 71.9. The fourth-order valence-corrected chi connectivity index (χ4v) is 16.8. The summed E-state index contributed by atoms with van der Waals surface area (Å²) in [7, 11) is -16.5. The lowest BCUT2D eigenvalue weighted by molar-refractivity contribution is -0.401. The van der Waals surface area contributed by atoms with E-state index in [-0.39, 0.29) is 63.9 Å². The van der Waals surface area contributed by atoms with Crippen LogP contribution in [0.1, 0.15) is 131 Å². The molecular weight excluding hydrogens is 1400 g/mol. The molecule has 99 heavy (non-hydrogen) atoms. The maximum atomic E-state index is 13.7. The summed E-state index contributed by atoms with van der Waals surface area (Å²) in [4.78, 5) is 90.6. The van der Waals surface area contributed by atoms with Crippen molar-refractivity contribution in [2.75, 3.05) is 62.2 Å². The van der Waals surface area contributed by atoms with Crippen LogP contribution in [0.15, 0.2) is 125 Å². The Bertz CT molecular complexity index is 4340. The Morgan fingerprint density at radius 2 is 1.65 bits per heavy atom. The second-order valence-electron chi connectivity index (χ2n) is 24.0. The fourth-order valence-electron chi connectivity index (χ4n) is 11.7. The number of nitrogens with one attached hydrogen (secondary N) is 2. The number of hydrogen-bond donors (Lipinski definition) is 8. The second-order valence-corrected chi connectivity index (χ2v) is 32.4. The first-order chi connectivity index (χ1) is 46.8. The highest BCUT2D eigenvalue weighted by Crippen LogP contribution is 2.66. The number of phosphoric acid groups is 3. The van der Waals surface area contributed by atoms with E-state index in [1.54, 1.807) is 42.0 Å². The molecule has 0 radical (unpaired) electrons. The number of nitrogens with two attached hydrogens (primary N) is 1. The number of ether oxygens (including phenoxy) is 3. The van der Waals surface area contributed by atoms with E-state index in [0.29, 0.717) is 55.2 Å². The van der Waals surface area contributed by atoms with Gasteiger partial charge in [-0.15, -0.1) is 0 Å². The number of benzene rings is 3. The number of rotatable bonds is 34. The molecule has 0 saturated carbocycles. The van der Waals surface area contributed by atoms with Crippen molar-refractivity contribution >= 4 is 107 Å². The van der Waals surface area contributed by atoms with Crippen LogP contribution in [0.25, 0.3) is 21.5 Å². The molecule has 532 valence electrons. The van der Waals surface area contributed by atoms with Gasteiger partial charge in [-0.25, -0.2) is 28.5 Å². The van der Waals surface area contributed by atoms with Crippen LogP contribution in [0.2, 0.25) is 0 Å². The van der Waals surface area contributed by atoms with Gasteiger partial charge in [-0.2, -0.15) is 21.6 Å². The molecule has 30 nitrogen and oxygen atoms in total. The van der Waals surface area contributed by atoms with Gasteiger partial charge < -0.3 is 59.6 Å². The summed E-state index contributed by atoms with van der Waals surface area (Å²) in [6.07, 6.45) is 13.2. The van der Waals surface area contributed by atoms with Crippen molar-refractivity contribution in [1.29, 1.82) is 0 Å². The van der Waals surface area contributed by atoms with Crippen LogP contribution in [0.5, 0.6) is 0 Å². The zero-order valence-electron chi connectivity index (χ0n) is 55.0. The number of amides is 2. The average Bonchev–Trinajstić information content (AvgIpc) is 1.61. The standard InChI is InChI=1S/C63H78N11O19P3S3/c1-42(70-71-65)45-21-12-13-22-46(45)61(77)91-51-37-57(90-52(51)39-89-95(81,82)93-96(83,84)92-94(78,79)80)74-38-43(58-59(64)68-40-69-60(58)74)20-19-31-66-55(75)28-16-18-34-88-41-98-97-35-32-67-56(76)27-11-8-17-33-73-50-24-15-14-23-47(50)62(2,3)54(73)26-10-7-9-25-53-63(4,5)48-36-44(99(85,86)87)29-30-49(48)72(53)6/h7,9-10,12-15,21-26,29-30,36,38,40,42,51-52,57H,8,11,16-18,27-28,31-35,37,39,41H2,1-6H3,(H8-,64,66,67,68,69,75,76,78,79,80,81,82,83,84,85,86,87)/p+1/t42?,51?,52-,57-/m1/s1. The Morgan fingerprint density at radius 3 is 2.39 bits per heavy atom. The minimum Gasteiger partial charge on any atom is -0.456 e. The molecule has 0 bridgehead atoms. The summed E-state index contributed by atoms with van der Waals surface area (Å²) >= 11 is 0. The van der Waals surface area contributed by atoms with E-state index in [1.807, 2.05) is 49.8 Å². The first-order valence-electron chi connectivity index (χ1n) is 31.2. The van der Waals surface area contributed by atoms with Crippen LogP contribution in [0.3, 0.4) is 0 Å². The molecule has 0 aliphatic carbocycles. The molecule has 6 atom stereocenters. The molecule has 3 aromatic carbocycles. The first-order valence-corrected chi connectivity index (χ1v) is 39.7. The van der Waals surface area contributed by atoms with Gasteiger partial charge in [0.25, 0.3) is 10.1 Å². The highest BCUT2D eigenvalue weighted by molar-refractivity contribution is 8.76. The van der Waals surface area contributed by atoms with Crippen LogP contribution in [-0.2, 0) is 71.6 Å². The number of phosphoric ester groups is 1. The highest BCUT2D eigenvalue weighted by Gasteiger charge is 2.46. The second kappa shape index (κ2) is 34.1. The quantitative estimate of drug-likeness (QED) is 0.00154. The molecule has 5 aromatic rings. The Hall–Kier alpha value is -7.01. The zero-order valence-corrected chi connectivity index (χ0v) is 60.1. The summed E-state index contributed by atoms with van der Waals surface area (Å²) < 4.78 is 103. The van der Waals surface area contributed by atoms with Crippen LogP contribution < -0.4 is 21.3 Å². The first kappa shape index (κ1) is 77.7. The van der Waals surface area contributed by atoms with Crippen LogP contribution >= 0.6 is 45.1 Å². The lowest BCUT2D eigenvalue weighted by Gasteiger charge is -2.27. The molecule has 3 aliphatic rings. The van der Waals surface area contributed by atoms with Crippen LogP contribution in [0, 0.1) is 11.8 Å². The largest absolute Gasteiger partial charge is 0.490 e. The number of esters is 1. The minimum atomic E-state index is -5.89. The Labute approximate surface area is 580 Å². The number of aromatic nitrogens is 3. The van der Waals surface area contributed by atoms with Gasteiger partial charge >= 0.3 is 29.4 Å². The van der Waals surface area contributed by atoms with Gasteiger partial charge in [-0.3, -0.25) is 18.7 Å². The van der Waals surface area contributed by atoms with Gasteiger partial charge in [-0.1, -0.05) is 120 Å². The van der Waals surface area contributed by atoms with Crippen molar-refractivity contribution in [3.8, 4) is 11.8 Å². The Morgan fingerprint density at radius 1 is 0.919 bits per heavy atom. The number of fused-ring (bicyclic) bond motifs is 3. The number of allylic oxidation sites excluding steroid dienone is 6. The molecule has 0 spiro atoms. The lowest BCUT2D eigenvalue weighted by Crippen LogP contribution is -2.31. The summed E-state index contributed by atoms with van der Waals surface area (Å²) in [5, 5.41) is 9.72. The normalized spacial score (nSPS) is 19.1. The molecule has 5 heterocycles. The van der Waals surface area contributed by atoms with Crippen LogP contribution in [-0.4, -0.2) is 139 Å². The molecule has 2 aromatic heterocycles. The van der Waals surface area contributed by atoms with Gasteiger partial charge in [0.2, 0.25) is 17.5 Å². The summed E-state index contributed by atoms with van der Waals surface area (Å²) in [5.74, 6) is 5.83. The number of unbranched alkanes of at least 4 members (excludes halogenated alkanes) is 3. The molecular formula is C63H79N11O19P3S3+. The van der Waals surface area contributed by atoms with Gasteiger partial charge in [0, 0.05) is 90.3 Å². The van der Waals surface area contributed by atoms with E-state index >= 15 is 0 Å². The predicted molar refractivity (Wildman–Crippen MR) is 373 cm³/mol. The van der Waals surface area contributed by atoms with Crippen molar-refractivity contribution in [3.63, 3.8) is 0 Å². The number of nitrogen functional groups attached to an aromatic ring is 1. The summed E-state index contributed by atoms with van der Waals surface area (Å²) in [6.45, 7) is 10.8. The third-order valence-electron chi connectivity index (χ3n) is 16.4. The monoisotopic (exact) mass is 1480 g/mol. The smallest absolute Gasteiger partial charge is 0.456 e. The summed E-state index contributed by atoms with van der Waals surface area (Å²) in [6, 6.07) is 18.4. The van der Waals surface area contributed by atoms with Gasteiger partial charge in [0.15, 0.2) is 5.71 Å². The molecule has 4 unspecified atom stereocenters. The van der Waals surface area contributed by atoms with Crippen molar-refractivity contribution in [1.82, 2.24) is 25.2 Å². The Balaban J connectivity index is 0.722. The average molecular weight is 1480 g/mol. The number of hydrogen-bond acceptors (Lipinski definition) is 21. The molecule has 3 aliphatic heterocycles. The van der Waals surface area contributed by atoms with Crippen molar-refractivity contribution < 1.29 is 92.6 Å². The number of para-hydroxylation sites is 1. The fraction of sp³-hybridized carbons (Fsp3) is 0.429. The van der Waals surface area contributed by atoms with Gasteiger partial charge in [0.1, 0.15) is 49.2 Å². The SMILES string of the molecule is CC(N=[N+]=[N-])c1ccccc1C(=O)OC1C[C@H](n2cc(C#CCNC(=O)CCCCOCSSCCNC(=O)CCCCCN3\C(=C/C=C/C=C/C4=[N+](C)c5ccc(S(=O)(=O)O)cc5C4(C)C)C(C)(C)c4ccccc43)c3c(N)ncnc32)O[C@@H]1COP(=O)(O)OP(=O)(O)OP(=O)(O)O. The van der Waals surface area contributed by atoms with E-state index in [2.05, 4.69) is 100 Å². The molecule has 36 heteroatoms. The minimum absolute atomic E-state index is 0.000101. The molecule has 9 N–H and O–H groups in total. The highest BCUT2D eigenvalue weighted by atomic mass is 33.1. The molecule has 1 saturated heterocycles. The third kappa shape index (κ3) is 20.8. The topological polar surface area (TPSA) is 429 Å². The number of nitrogens with zero attached hydrogens (tertiary/aromatic N) is 8. The molecule has 1 fully saturated rings. The summed E-state index contributed by atoms with van der Waals surface area (Å²) in [5.41, 5.74) is 21.7. The van der Waals surface area contributed by atoms with E-state index in [4.69, 9.17) is 39.8 Å². The van der Waals surface area contributed by atoms with Gasteiger partial charge in [0.05, 0.1) is 46.0 Å². The maximum absolute atomic E-state index is 13.7.